The molecule has 1 aromatic heterocycles. The molecule has 144 valence electrons. The number of aryl methyl sites for hydroxylation is 1. The number of benzene rings is 2. The number of amides is 1. The summed E-state index contributed by atoms with van der Waals surface area (Å²) in [7, 11) is 0. The topological polar surface area (TPSA) is 99.0 Å². The Balaban J connectivity index is 1.59. The van der Waals surface area contributed by atoms with Gasteiger partial charge in [0.2, 0.25) is 0 Å². The van der Waals surface area contributed by atoms with Gasteiger partial charge in [-0.3, -0.25) is 4.79 Å². The van der Waals surface area contributed by atoms with Crippen LogP contribution in [0.5, 0.6) is 0 Å². The number of aromatic nitrogens is 4. The molecule has 0 bridgehead atoms. The minimum Gasteiger partial charge on any atom is -0.454 e. The van der Waals surface area contributed by atoms with E-state index in [4.69, 9.17) is 4.74 Å². The van der Waals surface area contributed by atoms with E-state index in [1.807, 2.05) is 54.6 Å². The first-order valence-corrected chi connectivity index (χ1v) is 8.97. The van der Waals surface area contributed by atoms with Crippen LogP contribution in [0, 0.1) is 0 Å². The lowest BCUT2D eigenvalue weighted by Crippen LogP contribution is -2.28. The van der Waals surface area contributed by atoms with Crippen LogP contribution in [-0.2, 0) is 27.2 Å². The van der Waals surface area contributed by atoms with E-state index in [2.05, 4.69) is 27.8 Å². The molecular weight excluding hydrogens is 358 g/mol. The number of nitrogens with zero attached hydrogens (tertiary/aromatic N) is 4. The van der Waals surface area contributed by atoms with Gasteiger partial charge >= 0.3 is 5.97 Å². The molecule has 1 atom stereocenters. The fourth-order valence-electron chi connectivity index (χ4n) is 2.69. The van der Waals surface area contributed by atoms with Crippen LogP contribution in [0.2, 0.25) is 0 Å². The Morgan fingerprint density at radius 3 is 2.46 bits per heavy atom. The summed E-state index contributed by atoms with van der Waals surface area (Å²) in [5.74, 6) is -0.986. The minimum absolute atomic E-state index is 0.352. The number of ether oxygens (including phenoxy) is 1. The molecule has 8 nitrogen and oxygen atoms in total. The van der Waals surface area contributed by atoms with Crippen molar-refractivity contribution < 1.29 is 14.3 Å². The third-order valence-corrected chi connectivity index (χ3v) is 4.22. The summed E-state index contributed by atoms with van der Waals surface area (Å²) in [6.45, 7) is 1.67. The number of anilines is 1. The molecule has 1 amide bonds. The Kier molecular flexibility index (Phi) is 6.46. The van der Waals surface area contributed by atoms with Gasteiger partial charge in [-0.2, -0.15) is 0 Å². The van der Waals surface area contributed by atoms with Crippen LogP contribution in [0.25, 0.3) is 0 Å². The first kappa shape index (κ1) is 19.2. The number of carbonyl (C=O) groups is 2. The van der Waals surface area contributed by atoms with Crippen molar-refractivity contribution in [3.63, 3.8) is 0 Å². The normalized spacial score (nSPS) is 11.6. The second kappa shape index (κ2) is 9.40. The van der Waals surface area contributed by atoms with Crippen molar-refractivity contribution >= 4 is 17.6 Å². The molecule has 0 unspecified atom stereocenters. The second-order valence-electron chi connectivity index (χ2n) is 6.20. The zero-order valence-corrected chi connectivity index (χ0v) is 15.5. The van der Waals surface area contributed by atoms with E-state index in [9.17, 15) is 9.59 Å². The Morgan fingerprint density at radius 2 is 1.82 bits per heavy atom. The summed E-state index contributed by atoms with van der Waals surface area (Å²) in [6, 6.07) is 16.2. The van der Waals surface area contributed by atoms with E-state index in [0.29, 0.717) is 12.1 Å². The fourth-order valence-corrected chi connectivity index (χ4v) is 2.69. The lowest BCUT2D eigenvalue weighted by Gasteiger charge is -2.15. The summed E-state index contributed by atoms with van der Waals surface area (Å²) in [6.07, 6.45) is 2.63. The van der Waals surface area contributed by atoms with E-state index >= 15 is 0 Å². The van der Waals surface area contributed by atoms with Gasteiger partial charge in [0, 0.05) is 12.1 Å². The number of rotatable bonds is 8. The highest BCUT2D eigenvalue weighted by Crippen LogP contribution is 2.15. The highest BCUT2D eigenvalue weighted by atomic mass is 16.5. The van der Waals surface area contributed by atoms with Gasteiger partial charge in [0.25, 0.3) is 5.91 Å². The molecule has 1 N–H and O–H groups in total. The molecule has 8 heteroatoms. The van der Waals surface area contributed by atoms with Crippen LogP contribution in [0.15, 0.2) is 60.9 Å². The molecular formula is C20H21N5O3. The Labute approximate surface area is 162 Å². The maximum absolute atomic E-state index is 12.6. The van der Waals surface area contributed by atoms with Crippen LogP contribution in [-0.4, -0.2) is 38.7 Å². The molecule has 0 fully saturated rings. The molecule has 1 heterocycles. The molecule has 0 aliphatic carbocycles. The average molecular weight is 379 g/mol. The number of hydrogen-bond acceptors (Lipinski definition) is 6. The van der Waals surface area contributed by atoms with Gasteiger partial charge in [-0.1, -0.05) is 49.4 Å². The van der Waals surface area contributed by atoms with Crippen LogP contribution in [0.3, 0.4) is 0 Å². The maximum atomic E-state index is 12.6. The largest absolute Gasteiger partial charge is 0.454 e. The van der Waals surface area contributed by atoms with Gasteiger partial charge in [-0.25, -0.2) is 9.48 Å². The van der Waals surface area contributed by atoms with E-state index in [1.54, 1.807) is 0 Å². The summed E-state index contributed by atoms with van der Waals surface area (Å²) < 4.78 is 6.54. The highest BCUT2D eigenvalue weighted by Gasteiger charge is 2.24. The maximum Gasteiger partial charge on any atom is 0.331 e. The average Bonchev–Trinajstić information content (AvgIpc) is 3.26. The SMILES string of the molecule is CCc1ccc(NC(=O)COC(=O)[C@@H](Cc2ccccc2)n2cnnn2)cc1. The van der Waals surface area contributed by atoms with Crippen LogP contribution < -0.4 is 5.32 Å². The number of hydrogen-bond donors (Lipinski definition) is 1. The monoisotopic (exact) mass is 379 g/mol. The van der Waals surface area contributed by atoms with Gasteiger partial charge in [-0.15, -0.1) is 5.10 Å². The molecule has 0 radical (unpaired) electrons. The van der Waals surface area contributed by atoms with E-state index < -0.39 is 17.9 Å². The lowest BCUT2D eigenvalue weighted by atomic mass is 10.1. The Hall–Kier alpha value is -3.55. The first-order valence-electron chi connectivity index (χ1n) is 8.97. The quantitative estimate of drug-likeness (QED) is 0.603. The Morgan fingerprint density at radius 1 is 1.07 bits per heavy atom. The summed E-state index contributed by atoms with van der Waals surface area (Å²) in [5, 5.41) is 13.7. The first-order chi connectivity index (χ1) is 13.7. The smallest absolute Gasteiger partial charge is 0.331 e. The van der Waals surface area contributed by atoms with Gasteiger partial charge in [0.1, 0.15) is 6.33 Å². The predicted octanol–water partition coefficient (Wildman–Crippen LogP) is 2.20. The van der Waals surface area contributed by atoms with Crippen molar-refractivity contribution in [1.82, 2.24) is 20.2 Å². The molecule has 3 rings (SSSR count). The standard InChI is InChI=1S/C20H21N5O3/c1-2-15-8-10-17(11-9-15)22-19(26)13-28-20(27)18(25-14-21-23-24-25)12-16-6-4-3-5-7-16/h3-11,14,18H,2,12-13H2,1H3,(H,22,26)/t18-/m1/s1. The van der Waals surface area contributed by atoms with Crippen molar-refractivity contribution in [2.75, 3.05) is 11.9 Å². The second-order valence-corrected chi connectivity index (χ2v) is 6.20. The zero-order chi connectivity index (χ0) is 19.8. The predicted molar refractivity (Wildman–Crippen MR) is 102 cm³/mol. The van der Waals surface area contributed by atoms with Crippen LogP contribution in [0.1, 0.15) is 24.1 Å². The van der Waals surface area contributed by atoms with Gasteiger partial charge in [-0.05, 0) is 40.1 Å². The molecule has 0 aliphatic rings. The van der Waals surface area contributed by atoms with Crippen molar-refractivity contribution in [2.45, 2.75) is 25.8 Å². The summed E-state index contributed by atoms with van der Waals surface area (Å²) in [5.41, 5.74) is 2.76. The minimum atomic E-state index is -0.756. The van der Waals surface area contributed by atoms with Crippen molar-refractivity contribution in [1.29, 1.82) is 0 Å². The lowest BCUT2D eigenvalue weighted by molar-refractivity contribution is -0.151. The fraction of sp³-hybridized carbons (Fsp3) is 0.250. The van der Waals surface area contributed by atoms with Crippen LogP contribution in [0.4, 0.5) is 5.69 Å². The van der Waals surface area contributed by atoms with E-state index in [1.165, 1.54) is 16.6 Å². The molecule has 2 aromatic carbocycles. The van der Waals surface area contributed by atoms with E-state index in [-0.39, 0.29) is 6.61 Å². The van der Waals surface area contributed by atoms with Crippen molar-refractivity contribution in [2.24, 2.45) is 0 Å². The highest BCUT2D eigenvalue weighted by molar-refractivity contribution is 5.93. The molecule has 0 spiro atoms. The molecule has 0 saturated heterocycles. The zero-order valence-electron chi connectivity index (χ0n) is 15.5. The summed E-state index contributed by atoms with van der Waals surface area (Å²) >= 11 is 0. The van der Waals surface area contributed by atoms with Crippen molar-refractivity contribution in [3.05, 3.63) is 72.1 Å². The molecule has 3 aromatic rings. The number of carbonyl (C=O) groups excluding carboxylic acids is 2. The van der Waals surface area contributed by atoms with E-state index in [0.717, 1.165) is 12.0 Å². The van der Waals surface area contributed by atoms with Gasteiger partial charge < -0.3 is 10.1 Å². The third-order valence-electron chi connectivity index (χ3n) is 4.22. The Bertz CT molecular complexity index is 895. The van der Waals surface area contributed by atoms with Crippen LogP contribution >= 0.6 is 0 Å². The third kappa shape index (κ3) is 5.23. The number of tetrazole rings is 1. The summed E-state index contributed by atoms with van der Waals surface area (Å²) in [4.78, 5) is 24.7. The molecule has 0 aliphatic heterocycles. The number of esters is 1. The van der Waals surface area contributed by atoms with Crippen molar-refractivity contribution in [3.8, 4) is 0 Å². The van der Waals surface area contributed by atoms with Gasteiger partial charge in [0.15, 0.2) is 12.6 Å². The number of nitrogens with one attached hydrogen (secondary N) is 1. The molecule has 28 heavy (non-hydrogen) atoms. The van der Waals surface area contributed by atoms with Gasteiger partial charge in [0.05, 0.1) is 0 Å². The molecule has 0 saturated carbocycles.